The number of benzene rings is 1. The van der Waals surface area contributed by atoms with Crippen molar-refractivity contribution in [2.45, 2.75) is 34.2 Å². The van der Waals surface area contributed by atoms with Gasteiger partial charge < -0.3 is 5.73 Å². The van der Waals surface area contributed by atoms with Gasteiger partial charge in [-0.1, -0.05) is 37.6 Å². The highest BCUT2D eigenvalue weighted by Crippen LogP contribution is 2.14. The zero-order valence-corrected chi connectivity index (χ0v) is 11.7. The first-order chi connectivity index (χ1) is 8.02. The Morgan fingerprint density at radius 2 is 1.94 bits per heavy atom. The monoisotopic (exact) mass is 234 g/mol. The van der Waals surface area contributed by atoms with Crippen LogP contribution in [-0.4, -0.2) is 24.5 Å². The topological polar surface area (TPSA) is 29.3 Å². The molecule has 0 saturated heterocycles. The normalized spacial score (nSPS) is 11.5. The van der Waals surface area contributed by atoms with Crippen molar-refractivity contribution in [2.24, 2.45) is 11.7 Å². The van der Waals surface area contributed by atoms with E-state index >= 15 is 0 Å². The van der Waals surface area contributed by atoms with E-state index in [-0.39, 0.29) is 0 Å². The van der Waals surface area contributed by atoms with Gasteiger partial charge in [0.1, 0.15) is 0 Å². The summed E-state index contributed by atoms with van der Waals surface area (Å²) in [6, 6.07) is 6.67. The summed E-state index contributed by atoms with van der Waals surface area (Å²) in [5.41, 5.74) is 9.83. The first-order valence-corrected chi connectivity index (χ1v) is 6.51. The molecular formula is C15H26N2. The van der Waals surface area contributed by atoms with E-state index in [0.717, 1.165) is 26.2 Å². The minimum Gasteiger partial charge on any atom is -0.329 e. The predicted octanol–water partition coefficient (Wildman–Crippen LogP) is 2.72. The summed E-state index contributed by atoms with van der Waals surface area (Å²) in [4.78, 5) is 2.45. The van der Waals surface area contributed by atoms with Gasteiger partial charge in [0, 0.05) is 26.2 Å². The van der Waals surface area contributed by atoms with Crippen LogP contribution in [-0.2, 0) is 6.54 Å². The van der Waals surface area contributed by atoms with Gasteiger partial charge >= 0.3 is 0 Å². The van der Waals surface area contributed by atoms with Gasteiger partial charge in [0.15, 0.2) is 0 Å². The van der Waals surface area contributed by atoms with Crippen molar-refractivity contribution in [3.05, 3.63) is 34.9 Å². The van der Waals surface area contributed by atoms with Crippen molar-refractivity contribution in [3.8, 4) is 0 Å². The van der Waals surface area contributed by atoms with Gasteiger partial charge in [-0.2, -0.15) is 0 Å². The number of hydrogen-bond donors (Lipinski definition) is 1. The van der Waals surface area contributed by atoms with E-state index in [2.05, 4.69) is 50.8 Å². The van der Waals surface area contributed by atoms with Gasteiger partial charge in [0.05, 0.1) is 0 Å². The summed E-state index contributed by atoms with van der Waals surface area (Å²) in [6.45, 7) is 12.7. The van der Waals surface area contributed by atoms with Crippen LogP contribution in [0.2, 0.25) is 0 Å². The molecule has 2 N–H and O–H groups in total. The lowest BCUT2D eigenvalue weighted by Gasteiger charge is -2.24. The Hall–Kier alpha value is -0.860. The SMILES string of the molecule is Cc1ccc(C)c(CN(CCN)CC(C)C)c1. The maximum atomic E-state index is 5.69. The summed E-state index contributed by atoms with van der Waals surface area (Å²) in [7, 11) is 0. The largest absolute Gasteiger partial charge is 0.329 e. The second-order valence-corrected chi connectivity index (χ2v) is 5.35. The lowest BCUT2D eigenvalue weighted by Crippen LogP contribution is -2.32. The molecule has 1 aromatic rings. The Morgan fingerprint density at radius 1 is 1.24 bits per heavy atom. The average molecular weight is 234 g/mol. The van der Waals surface area contributed by atoms with Crippen LogP contribution in [0.3, 0.4) is 0 Å². The van der Waals surface area contributed by atoms with E-state index in [9.17, 15) is 0 Å². The second-order valence-electron chi connectivity index (χ2n) is 5.35. The number of rotatable bonds is 6. The molecule has 0 fully saturated rings. The van der Waals surface area contributed by atoms with Crippen LogP contribution in [0.15, 0.2) is 18.2 Å². The molecule has 0 aliphatic rings. The molecule has 0 aliphatic carbocycles. The Labute approximate surface area is 106 Å². The molecule has 0 amide bonds. The summed E-state index contributed by atoms with van der Waals surface area (Å²) in [5, 5.41) is 0. The van der Waals surface area contributed by atoms with Gasteiger partial charge in [0.25, 0.3) is 0 Å². The molecule has 0 unspecified atom stereocenters. The van der Waals surface area contributed by atoms with Crippen molar-refractivity contribution in [1.82, 2.24) is 4.90 Å². The van der Waals surface area contributed by atoms with Crippen LogP contribution in [0, 0.1) is 19.8 Å². The van der Waals surface area contributed by atoms with E-state index in [1.54, 1.807) is 0 Å². The minimum atomic E-state index is 0.687. The van der Waals surface area contributed by atoms with Crippen LogP contribution in [0.25, 0.3) is 0 Å². The molecule has 0 bridgehead atoms. The van der Waals surface area contributed by atoms with Crippen molar-refractivity contribution in [2.75, 3.05) is 19.6 Å². The fraction of sp³-hybridized carbons (Fsp3) is 0.600. The fourth-order valence-electron chi connectivity index (χ4n) is 2.15. The maximum Gasteiger partial charge on any atom is 0.0237 e. The third kappa shape index (κ3) is 4.88. The van der Waals surface area contributed by atoms with Crippen molar-refractivity contribution in [1.29, 1.82) is 0 Å². The van der Waals surface area contributed by atoms with Crippen molar-refractivity contribution >= 4 is 0 Å². The Bertz CT molecular complexity index is 345. The summed E-state index contributed by atoms with van der Waals surface area (Å²) in [6.07, 6.45) is 0. The highest BCUT2D eigenvalue weighted by molar-refractivity contribution is 5.30. The first kappa shape index (κ1) is 14.2. The molecular weight excluding hydrogens is 208 g/mol. The minimum absolute atomic E-state index is 0.687. The Morgan fingerprint density at radius 3 is 2.53 bits per heavy atom. The Balaban J connectivity index is 2.74. The van der Waals surface area contributed by atoms with Gasteiger partial charge in [-0.3, -0.25) is 4.90 Å². The van der Waals surface area contributed by atoms with Crippen molar-refractivity contribution in [3.63, 3.8) is 0 Å². The van der Waals surface area contributed by atoms with Gasteiger partial charge in [-0.25, -0.2) is 0 Å². The average Bonchev–Trinajstić information content (AvgIpc) is 2.23. The predicted molar refractivity (Wildman–Crippen MR) is 75.1 cm³/mol. The molecule has 0 atom stereocenters. The molecule has 0 spiro atoms. The standard InChI is InChI=1S/C15H26N2/c1-12(2)10-17(8-7-16)11-15-9-13(3)5-6-14(15)4/h5-6,9,12H,7-8,10-11,16H2,1-4H3. The van der Waals surface area contributed by atoms with Crippen LogP contribution in [0.4, 0.5) is 0 Å². The molecule has 2 heteroatoms. The summed E-state index contributed by atoms with van der Waals surface area (Å²) in [5.74, 6) is 0.687. The van der Waals surface area contributed by atoms with Crippen LogP contribution in [0.1, 0.15) is 30.5 Å². The number of aryl methyl sites for hydroxylation is 2. The van der Waals surface area contributed by atoms with Crippen molar-refractivity contribution < 1.29 is 0 Å². The van der Waals surface area contributed by atoms with E-state index in [1.165, 1.54) is 16.7 Å². The molecule has 0 saturated carbocycles. The molecule has 2 nitrogen and oxygen atoms in total. The zero-order valence-electron chi connectivity index (χ0n) is 11.7. The van der Waals surface area contributed by atoms with E-state index in [1.807, 2.05) is 0 Å². The first-order valence-electron chi connectivity index (χ1n) is 6.51. The molecule has 1 rings (SSSR count). The highest BCUT2D eigenvalue weighted by Gasteiger charge is 2.09. The van der Waals surface area contributed by atoms with Gasteiger partial charge in [-0.05, 0) is 30.9 Å². The molecule has 96 valence electrons. The van der Waals surface area contributed by atoms with E-state index in [0.29, 0.717) is 5.92 Å². The molecule has 0 aromatic heterocycles. The highest BCUT2D eigenvalue weighted by atomic mass is 15.1. The van der Waals surface area contributed by atoms with Crippen LogP contribution >= 0.6 is 0 Å². The molecule has 0 aliphatic heterocycles. The Kier molecular flexibility index (Phi) is 5.66. The maximum absolute atomic E-state index is 5.69. The lowest BCUT2D eigenvalue weighted by molar-refractivity contribution is 0.242. The summed E-state index contributed by atoms with van der Waals surface area (Å²) < 4.78 is 0. The number of hydrogen-bond acceptors (Lipinski definition) is 2. The van der Waals surface area contributed by atoms with Crippen LogP contribution < -0.4 is 5.73 Å². The smallest absolute Gasteiger partial charge is 0.0237 e. The van der Waals surface area contributed by atoms with E-state index < -0.39 is 0 Å². The third-order valence-corrected chi connectivity index (χ3v) is 2.97. The quantitative estimate of drug-likeness (QED) is 0.820. The van der Waals surface area contributed by atoms with Gasteiger partial charge in [-0.15, -0.1) is 0 Å². The summed E-state index contributed by atoms with van der Waals surface area (Å²) >= 11 is 0. The molecule has 17 heavy (non-hydrogen) atoms. The third-order valence-electron chi connectivity index (χ3n) is 2.97. The number of nitrogens with two attached hydrogens (primary N) is 1. The van der Waals surface area contributed by atoms with E-state index in [4.69, 9.17) is 5.73 Å². The lowest BCUT2D eigenvalue weighted by atomic mass is 10.0. The molecule has 0 radical (unpaired) electrons. The second kappa shape index (κ2) is 6.77. The van der Waals surface area contributed by atoms with Crippen LogP contribution in [0.5, 0.6) is 0 Å². The number of nitrogens with zero attached hydrogens (tertiary/aromatic N) is 1. The zero-order chi connectivity index (χ0) is 12.8. The fourth-order valence-corrected chi connectivity index (χ4v) is 2.15. The molecule has 1 aromatic carbocycles. The molecule has 0 heterocycles. The van der Waals surface area contributed by atoms with Gasteiger partial charge in [0.2, 0.25) is 0 Å².